The number of aryl methyl sites for hydroxylation is 1. The topological polar surface area (TPSA) is 9.23 Å². The number of ether oxygens (including phenoxy) is 1. The van der Waals surface area contributed by atoms with Gasteiger partial charge in [-0.2, -0.15) is 0 Å². The molecule has 0 unspecified atom stereocenters. The summed E-state index contributed by atoms with van der Waals surface area (Å²) in [7, 11) is 0. The van der Waals surface area contributed by atoms with Crippen LogP contribution < -0.4 is 4.74 Å². The van der Waals surface area contributed by atoms with Gasteiger partial charge in [-0.05, 0) is 35.7 Å². The van der Waals surface area contributed by atoms with Crippen molar-refractivity contribution in [2.75, 3.05) is 0 Å². The molecule has 0 bridgehead atoms. The van der Waals surface area contributed by atoms with Gasteiger partial charge in [0.05, 0.1) is 0 Å². The largest absolute Gasteiger partial charge is 0.487 e. The summed E-state index contributed by atoms with van der Waals surface area (Å²) in [6.45, 7) is 2.42. The highest BCUT2D eigenvalue weighted by Crippen LogP contribution is 2.28. The second-order valence-electron chi connectivity index (χ2n) is 5.40. The summed E-state index contributed by atoms with van der Waals surface area (Å²) in [5, 5.41) is 0.0174. The van der Waals surface area contributed by atoms with E-state index in [2.05, 4.69) is 43.3 Å². The Hall–Kier alpha value is -2.32. The number of hydrogen-bond donors (Lipinski definition) is 0. The van der Waals surface area contributed by atoms with E-state index in [-0.39, 0.29) is 5.02 Å². The van der Waals surface area contributed by atoms with Crippen LogP contribution in [-0.2, 0) is 6.61 Å². The van der Waals surface area contributed by atoms with Crippen LogP contribution in [0.2, 0.25) is 5.02 Å². The Morgan fingerprint density at radius 3 is 2.13 bits per heavy atom. The van der Waals surface area contributed by atoms with Gasteiger partial charge in [0.1, 0.15) is 23.2 Å². The molecule has 3 aromatic carbocycles. The molecule has 0 aliphatic rings. The van der Waals surface area contributed by atoms with Crippen LogP contribution >= 0.6 is 11.6 Å². The number of halogens is 2. The minimum atomic E-state index is -0.473. The molecule has 0 aromatic heterocycles. The maximum Gasteiger partial charge on any atom is 0.145 e. The quantitative estimate of drug-likeness (QED) is 0.568. The fraction of sp³-hybridized carbons (Fsp3) is 0.100. The molecule has 0 fully saturated rings. The van der Waals surface area contributed by atoms with Gasteiger partial charge in [-0.1, -0.05) is 71.8 Å². The Kier molecular flexibility index (Phi) is 4.63. The third-order valence-electron chi connectivity index (χ3n) is 3.65. The minimum Gasteiger partial charge on any atom is -0.487 e. The molecule has 23 heavy (non-hydrogen) atoms. The summed E-state index contributed by atoms with van der Waals surface area (Å²) in [4.78, 5) is 0. The van der Waals surface area contributed by atoms with E-state index in [0.717, 1.165) is 11.1 Å². The lowest BCUT2D eigenvalue weighted by Gasteiger charge is -2.09. The summed E-state index contributed by atoms with van der Waals surface area (Å²) in [6, 6.07) is 21.1. The predicted molar refractivity (Wildman–Crippen MR) is 92.4 cm³/mol. The molecule has 0 aliphatic heterocycles. The normalized spacial score (nSPS) is 10.6. The Labute approximate surface area is 140 Å². The van der Waals surface area contributed by atoms with Gasteiger partial charge in [0, 0.05) is 0 Å². The van der Waals surface area contributed by atoms with Crippen molar-refractivity contribution < 1.29 is 9.13 Å². The first-order valence-corrected chi connectivity index (χ1v) is 7.74. The molecule has 0 aliphatic carbocycles. The second kappa shape index (κ2) is 6.84. The number of hydrogen-bond acceptors (Lipinski definition) is 1. The highest BCUT2D eigenvalue weighted by Gasteiger charge is 2.07. The third kappa shape index (κ3) is 3.72. The Morgan fingerprint density at radius 1 is 0.870 bits per heavy atom. The lowest BCUT2D eigenvalue weighted by molar-refractivity contribution is 0.305. The second-order valence-corrected chi connectivity index (χ2v) is 5.78. The molecule has 0 N–H and O–H groups in total. The third-order valence-corrected chi connectivity index (χ3v) is 4.02. The van der Waals surface area contributed by atoms with Crippen LogP contribution in [0, 0.1) is 12.7 Å². The van der Waals surface area contributed by atoms with Crippen LogP contribution in [0.5, 0.6) is 5.75 Å². The van der Waals surface area contributed by atoms with Crippen molar-refractivity contribution in [3.63, 3.8) is 0 Å². The van der Waals surface area contributed by atoms with E-state index in [4.69, 9.17) is 16.3 Å². The molecule has 116 valence electrons. The van der Waals surface area contributed by atoms with E-state index in [0.29, 0.717) is 12.4 Å². The van der Waals surface area contributed by atoms with Gasteiger partial charge < -0.3 is 4.74 Å². The smallest absolute Gasteiger partial charge is 0.145 e. The molecule has 0 spiro atoms. The van der Waals surface area contributed by atoms with Gasteiger partial charge in [0.2, 0.25) is 0 Å². The Morgan fingerprint density at radius 2 is 1.48 bits per heavy atom. The molecular weight excluding hydrogens is 311 g/mol. The summed E-state index contributed by atoms with van der Waals surface area (Å²) in [5.74, 6) is -0.117. The molecule has 0 saturated heterocycles. The van der Waals surface area contributed by atoms with Crippen LogP contribution in [0.15, 0.2) is 66.7 Å². The van der Waals surface area contributed by atoms with E-state index < -0.39 is 5.82 Å². The van der Waals surface area contributed by atoms with Crippen molar-refractivity contribution in [3.05, 3.63) is 88.7 Å². The lowest BCUT2D eigenvalue weighted by Crippen LogP contribution is -1.96. The molecular formula is C20H16ClFO. The van der Waals surface area contributed by atoms with E-state index in [1.54, 1.807) is 12.1 Å². The zero-order chi connectivity index (χ0) is 16.2. The molecule has 0 radical (unpaired) electrons. The van der Waals surface area contributed by atoms with E-state index in [1.165, 1.54) is 17.2 Å². The average molecular weight is 327 g/mol. The van der Waals surface area contributed by atoms with Gasteiger partial charge in [-0.3, -0.25) is 0 Å². The first kappa shape index (κ1) is 15.6. The molecule has 0 heterocycles. The zero-order valence-electron chi connectivity index (χ0n) is 12.7. The monoisotopic (exact) mass is 326 g/mol. The van der Waals surface area contributed by atoms with Crippen molar-refractivity contribution in [1.82, 2.24) is 0 Å². The molecule has 3 aromatic rings. The van der Waals surface area contributed by atoms with Crippen molar-refractivity contribution in [3.8, 4) is 16.9 Å². The highest BCUT2D eigenvalue weighted by molar-refractivity contribution is 6.32. The fourth-order valence-corrected chi connectivity index (χ4v) is 2.48. The minimum absolute atomic E-state index is 0.0174. The van der Waals surface area contributed by atoms with Crippen molar-refractivity contribution in [2.45, 2.75) is 13.5 Å². The molecule has 3 rings (SSSR count). The molecule has 1 nitrogen and oxygen atoms in total. The summed E-state index contributed by atoms with van der Waals surface area (Å²) in [6.07, 6.45) is 0. The highest BCUT2D eigenvalue weighted by atomic mass is 35.5. The molecule has 0 saturated carbocycles. The van der Waals surface area contributed by atoms with Crippen LogP contribution in [0.3, 0.4) is 0 Å². The molecule has 0 atom stereocenters. The fourth-order valence-electron chi connectivity index (χ4n) is 2.30. The van der Waals surface area contributed by atoms with Crippen LogP contribution in [0.25, 0.3) is 11.1 Å². The maximum atomic E-state index is 13.4. The van der Waals surface area contributed by atoms with Crippen molar-refractivity contribution >= 4 is 11.6 Å². The van der Waals surface area contributed by atoms with Crippen LogP contribution in [0.4, 0.5) is 4.39 Å². The van der Waals surface area contributed by atoms with Crippen molar-refractivity contribution in [1.29, 1.82) is 0 Å². The predicted octanol–water partition coefficient (Wildman–Crippen LogP) is 6.03. The SMILES string of the molecule is Cc1ccc(-c2ccc(COc3cccc(F)c3Cl)cc2)cc1. The lowest BCUT2D eigenvalue weighted by atomic mass is 10.0. The summed E-state index contributed by atoms with van der Waals surface area (Å²) in [5.41, 5.74) is 4.57. The molecule has 0 amide bonds. The van der Waals surface area contributed by atoms with Gasteiger partial charge in [0.25, 0.3) is 0 Å². The van der Waals surface area contributed by atoms with Gasteiger partial charge >= 0.3 is 0 Å². The van der Waals surface area contributed by atoms with Gasteiger partial charge in [0.15, 0.2) is 0 Å². The zero-order valence-corrected chi connectivity index (χ0v) is 13.5. The Bertz CT molecular complexity index is 795. The van der Waals surface area contributed by atoms with Crippen LogP contribution in [0.1, 0.15) is 11.1 Å². The molecule has 3 heteroatoms. The summed E-state index contributed by atoms with van der Waals surface area (Å²) < 4.78 is 19.0. The van der Waals surface area contributed by atoms with E-state index in [1.807, 2.05) is 12.1 Å². The Balaban J connectivity index is 1.70. The first-order valence-electron chi connectivity index (χ1n) is 7.36. The van der Waals surface area contributed by atoms with Crippen LogP contribution in [-0.4, -0.2) is 0 Å². The van der Waals surface area contributed by atoms with E-state index >= 15 is 0 Å². The number of rotatable bonds is 4. The van der Waals surface area contributed by atoms with Gasteiger partial charge in [-0.25, -0.2) is 4.39 Å². The summed E-state index contributed by atoms with van der Waals surface area (Å²) >= 11 is 5.88. The van der Waals surface area contributed by atoms with E-state index in [9.17, 15) is 4.39 Å². The standard InChI is InChI=1S/C20H16ClFO/c1-14-5-9-16(10-6-14)17-11-7-15(8-12-17)13-23-19-4-2-3-18(22)20(19)21/h2-12H,13H2,1H3. The first-order chi connectivity index (χ1) is 11.1. The number of benzene rings is 3. The van der Waals surface area contributed by atoms with Crippen molar-refractivity contribution in [2.24, 2.45) is 0 Å². The average Bonchev–Trinajstić information content (AvgIpc) is 2.57. The maximum absolute atomic E-state index is 13.4. The van der Waals surface area contributed by atoms with Gasteiger partial charge in [-0.15, -0.1) is 0 Å².